The Morgan fingerprint density at radius 1 is 0.955 bits per heavy atom. The van der Waals surface area contributed by atoms with E-state index in [1.807, 2.05) is 0 Å². The number of alkyl halides is 1. The molecule has 0 aromatic carbocycles. The lowest BCUT2D eigenvalue weighted by atomic mass is 9.94. The van der Waals surface area contributed by atoms with Gasteiger partial charge >= 0.3 is 12.1 Å². The number of amides is 1. The van der Waals surface area contributed by atoms with Crippen LogP contribution in [-0.2, 0) is 14.3 Å². The van der Waals surface area contributed by atoms with Gasteiger partial charge < -0.3 is 9.47 Å². The highest BCUT2D eigenvalue weighted by Gasteiger charge is 2.26. The van der Waals surface area contributed by atoms with Gasteiger partial charge in [0.15, 0.2) is 0 Å². The highest BCUT2D eigenvalue weighted by atomic mass is 19.1. The molecule has 0 unspecified atom stereocenters. The summed E-state index contributed by atoms with van der Waals surface area (Å²) >= 11 is 0. The molecular weight excluding hydrogens is 289 g/mol. The van der Waals surface area contributed by atoms with Crippen LogP contribution >= 0.6 is 0 Å². The molecule has 0 heterocycles. The Morgan fingerprint density at radius 3 is 1.77 bits per heavy atom. The van der Waals surface area contributed by atoms with Gasteiger partial charge in [0.05, 0.1) is 6.67 Å². The van der Waals surface area contributed by atoms with Crippen LogP contribution in [0.4, 0.5) is 9.18 Å². The maximum atomic E-state index is 13.0. The Balaban J connectivity index is 5.28. The number of esters is 1. The topological polar surface area (TPSA) is 64.6 Å². The fraction of sp³-hybridized carbons (Fsp3) is 0.750. The SMILES string of the molecule is CC(C)(/C=C(\NC(=O)OC(C)(C)C)C(=O)OC(C)(C)C)CF. The van der Waals surface area contributed by atoms with Gasteiger partial charge in [0.1, 0.15) is 16.9 Å². The van der Waals surface area contributed by atoms with Crippen molar-refractivity contribution in [1.82, 2.24) is 5.32 Å². The normalized spacial score (nSPS) is 13.6. The zero-order valence-electron chi connectivity index (χ0n) is 14.8. The summed E-state index contributed by atoms with van der Waals surface area (Å²) in [6.45, 7) is 12.7. The summed E-state index contributed by atoms with van der Waals surface area (Å²) in [4.78, 5) is 24.0. The molecule has 5 nitrogen and oxygen atoms in total. The van der Waals surface area contributed by atoms with Crippen molar-refractivity contribution in [2.24, 2.45) is 5.41 Å². The van der Waals surface area contributed by atoms with Crippen LogP contribution < -0.4 is 5.32 Å². The molecule has 0 aromatic heterocycles. The van der Waals surface area contributed by atoms with E-state index in [-0.39, 0.29) is 5.70 Å². The number of hydrogen-bond donors (Lipinski definition) is 1. The molecule has 22 heavy (non-hydrogen) atoms. The van der Waals surface area contributed by atoms with Crippen molar-refractivity contribution in [2.45, 2.75) is 66.6 Å². The third-order valence-electron chi connectivity index (χ3n) is 2.13. The summed E-state index contributed by atoms with van der Waals surface area (Å²) in [5.74, 6) is -0.736. The number of hydrogen-bond acceptors (Lipinski definition) is 4. The van der Waals surface area contributed by atoms with Crippen LogP contribution in [0.25, 0.3) is 0 Å². The van der Waals surface area contributed by atoms with Gasteiger partial charge in [-0.25, -0.2) is 9.59 Å². The summed E-state index contributed by atoms with van der Waals surface area (Å²) in [6, 6.07) is 0. The molecule has 6 heteroatoms. The molecule has 0 aliphatic rings. The lowest BCUT2D eigenvalue weighted by Crippen LogP contribution is -2.37. The van der Waals surface area contributed by atoms with Gasteiger partial charge in [-0.15, -0.1) is 0 Å². The van der Waals surface area contributed by atoms with Crippen molar-refractivity contribution in [3.05, 3.63) is 11.8 Å². The minimum absolute atomic E-state index is 0.133. The maximum Gasteiger partial charge on any atom is 0.412 e. The van der Waals surface area contributed by atoms with Crippen LogP contribution in [-0.4, -0.2) is 29.9 Å². The molecule has 0 aliphatic carbocycles. The van der Waals surface area contributed by atoms with Crippen LogP contribution in [0.2, 0.25) is 0 Å². The van der Waals surface area contributed by atoms with Crippen molar-refractivity contribution in [3.63, 3.8) is 0 Å². The number of rotatable bonds is 4. The Labute approximate surface area is 132 Å². The fourth-order valence-electron chi connectivity index (χ4n) is 1.32. The summed E-state index contributed by atoms with van der Waals surface area (Å²) in [6.07, 6.45) is 0.546. The quantitative estimate of drug-likeness (QED) is 0.634. The molecular formula is C16H28FNO4. The second kappa shape index (κ2) is 7.11. The number of ether oxygens (including phenoxy) is 2. The van der Waals surface area contributed by atoms with E-state index < -0.39 is 35.4 Å². The Bertz CT molecular complexity index is 442. The third kappa shape index (κ3) is 9.37. The van der Waals surface area contributed by atoms with Gasteiger partial charge in [-0.2, -0.15) is 0 Å². The molecule has 0 fully saturated rings. The molecule has 0 aromatic rings. The number of halogens is 1. The van der Waals surface area contributed by atoms with Crippen LogP contribution in [0.15, 0.2) is 11.8 Å². The number of carbonyl (C=O) groups excluding carboxylic acids is 2. The molecule has 0 radical (unpaired) electrons. The first kappa shape index (κ1) is 20.4. The summed E-state index contributed by atoms with van der Waals surface area (Å²) in [5, 5.41) is 2.35. The van der Waals surface area contributed by atoms with Crippen molar-refractivity contribution in [2.75, 3.05) is 6.67 Å². The largest absolute Gasteiger partial charge is 0.455 e. The molecule has 128 valence electrons. The maximum absolute atomic E-state index is 13.0. The van der Waals surface area contributed by atoms with E-state index >= 15 is 0 Å². The minimum Gasteiger partial charge on any atom is -0.455 e. The predicted octanol–water partition coefficient (Wildman–Crippen LogP) is 3.73. The molecule has 1 N–H and O–H groups in total. The lowest BCUT2D eigenvalue weighted by molar-refractivity contribution is -0.150. The van der Waals surface area contributed by atoms with Gasteiger partial charge in [-0.1, -0.05) is 13.8 Å². The molecule has 1 amide bonds. The Morgan fingerprint density at radius 2 is 1.41 bits per heavy atom. The van der Waals surface area contributed by atoms with Gasteiger partial charge in [0, 0.05) is 5.41 Å². The lowest BCUT2D eigenvalue weighted by Gasteiger charge is -2.24. The van der Waals surface area contributed by atoms with Crippen molar-refractivity contribution in [1.29, 1.82) is 0 Å². The number of carbonyl (C=O) groups is 2. The number of allylic oxidation sites excluding steroid dienone is 1. The minimum atomic E-state index is -0.915. The second-order valence-corrected chi connectivity index (χ2v) is 7.81. The zero-order chi connectivity index (χ0) is 17.8. The molecule has 0 saturated heterocycles. The van der Waals surface area contributed by atoms with Crippen molar-refractivity contribution in [3.8, 4) is 0 Å². The van der Waals surface area contributed by atoms with Crippen molar-refractivity contribution < 1.29 is 23.5 Å². The van der Waals surface area contributed by atoms with Gasteiger partial charge in [0.25, 0.3) is 0 Å². The predicted molar refractivity (Wildman–Crippen MR) is 83.1 cm³/mol. The monoisotopic (exact) mass is 317 g/mol. The van der Waals surface area contributed by atoms with Crippen molar-refractivity contribution >= 4 is 12.1 Å². The van der Waals surface area contributed by atoms with Crippen LogP contribution in [0.1, 0.15) is 55.4 Å². The molecule has 0 atom stereocenters. The number of nitrogens with one attached hydrogen (secondary N) is 1. The first-order valence-corrected chi connectivity index (χ1v) is 7.17. The standard InChI is InChI=1S/C16H28FNO4/c1-14(2,3)21-12(19)11(9-16(7,8)10-17)18-13(20)22-15(4,5)6/h9H,10H2,1-8H3,(H,18,20)/b11-9-. The molecule has 0 saturated carbocycles. The van der Waals surface area contributed by atoms with E-state index in [0.717, 1.165) is 0 Å². The Kier molecular flexibility index (Phi) is 6.60. The summed E-state index contributed by atoms with van der Waals surface area (Å²) in [5.41, 5.74) is -2.49. The second-order valence-electron chi connectivity index (χ2n) is 7.81. The molecule has 0 aliphatic heterocycles. The van der Waals surface area contributed by atoms with E-state index in [9.17, 15) is 14.0 Å². The van der Waals surface area contributed by atoms with Gasteiger partial charge in [0.2, 0.25) is 0 Å². The van der Waals surface area contributed by atoms with Crippen LogP contribution in [0, 0.1) is 5.41 Å². The molecule has 0 spiro atoms. The van der Waals surface area contributed by atoms with E-state index in [4.69, 9.17) is 9.47 Å². The first-order chi connectivity index (χ1) is 9.65. The number of alkyl carbamates (subject to hydrolysis) is 1. The van der Waals surface area contributed by atoms with E-state index in [1.54, 1.807) is 55.4 Å². The smallest absolute Gasteiger partial charge is 0.412 e. The molecule has 0 rings (SSSR count). The average Bonchev–Trinajstić information content (AvgIpc) is 2.22. The van der Waals surface area contributed by atoms with E-state index in [1.165, 1.54) is 6.08 Å². The van der Waals surface area contributed by atoms with Gasteiger partial charge in [-0.3, -0.25) is 9.71 Å². The van der Waals surface area contributed by atoms with Gasteiger partial charge in [-0.05, 0) is 47.6 Å². The fourth-order valence-corrected chi connectivity index (χ4v) is 1.32. The third-order valence-corrected chi connectivity index (χ3v) is 2.13. The zero-order valence-corrected chi connectivity index (χ0v) is 14.8. The van der Waals surface area contributed by atoms with Crippen LogP contribution in [0.3, 0.4) is 0 Å². The van der Waals surface area contributed by atoms with E-state index in [0.29, 0.717) is 0 Å². The van der Waals surface area contributed by atoms with E-state index in [2.05, 4.69) is 5.32 Å². The average molecular weight is 317 g/mol. The highest BCUT2D eigenvalue weighted by Crippen LogP contribution is 2.21. The summed E-state index contributed by atoms with van der Waals surface area (Å²) < 4.78 is 23.3. The highest BCUT2D eigenvalue weighted by molar-refractivity contribution is 5.92. The molecule has 0 bridgehead atoms. The first-order valence-electron chi connectivity index (χ1n) is 7.17. The van der Waals surface area contributed by atoms with Crippen LogP contribution in [0.5, 0.6) is 0 Å². The Hall–Kier alpha value is -1.59. The summed E-state index contributed by atoms with van der Waals surface area (Å²) in [7, 11) is 0.